The first-order valence-electron chi connectivity index (χ1n) is 6.24. The topological polar surface area (TPSA) is 20.3 Å². The van der Waals surface area contributed by atoms with Gasteiger partial charge in [0.15, 0.2) is 5.78 Å². The van der Waals surface area contributed by atoms with Crippen molar-refractivity contribution >= 4 is 11.5 Å². The van der Waals surface area contributed by atoms with Gasteiger partial charge in [-0.3, -0.25) is 4.79 Å². The standard InChI is InChI=1S/C16H19NO/c1-4-16(2)11-10-13(15(16)18)12-17(3)14-8-6-5-7-9-14/h4-9,12H,1,10-11H2,2-3H3/b13-12+/t16-/m1/s1. The van der Waals surface area contributed by atoms with Crippen molar-refractivity contribution < 1.29 is 4.79 Å². The number of nitrogens with zero attached hydrogens (tertiary/aromatic N) is 1. The number of anilines is 1. The lowest BCUT2D eigenvalue weighted by atomic mass is 9.88. The molecule has 0 spiro atoms. The van der Waals surface area contributed by atoms with E-state index in [9.17, 15) is 4.79 Å². The third-order valence-corrected chi connectivity index (χ3v) is 3.69. The second-order valence-electron chi connectivity index (χ2n) is 5.05. The van der Waals surface area contributed by atoms with Crippen molar-refractivity contribution in [2.75, 3.05) is 11.9 Å². The van der Waals surface area contributed by atoms with E-state index in [2.05, 4.69) is 6.58 Å². The number of para-hydroxylation sites is 1. The summed E-state index contributed by atoms with van der Waals surface area (Å²) in [5.74, 6) is 0.209. The SMILES string of the molecule is C=C[C@]1(C)CC/C(=C\N(C)c2ccccc2)C1=O. The van der Waals surface area contributed by atoms with E-state index < -0.39 is 0 Å². The van der Waals surface area contributed by atoms with Gasteiger partial charge in [0.2, 0.25) is 0 Å². The number of carbonyl (C=O) groups is 1. The van der Waals surface area contributed by atoms with Gasteiger partial charge in [-0.15, -0.1) is 6.58 Å². The zero-order chi connectivity index (χ0) is 13.2. The van der Waals surface area contributed by atoms with Crippen LogP contribution in [0, 0.1) is 5.41 Å². The molecule has 0 bridgehead atoms. The maximum absolute atomic E-state index is 12.3. The summed E-state index contributed by atoms with van der Waals surface area (Å²) >= 11 is 0. The quantitative estimate of drug-likeness (QED) is 0.595. The van der Waals surface area contributed by atoms with E-state index in [0.29, 0.717) is 0 Å². The van der Waals surface area contributed by atoms with Crippen LogP contribution in [-0.4, -0.2) is 12.8 Å². The lowest BCUT2D eigenvalue weighted by Gasteiger charge is -2.17. The van der Waals surface area contributed by atoms with Crippen molar-refractivity contribution in [1.29, 1.82) is 0 Å². The average Bonchev–Trinajstić information content (AvgIpc) is 2.69. The summed E-state index contributed by atoms with van der Waals surface area (Å²) in [5.41, 5.74) is 1.61. The smallest absolute Gasteiger partial charge is 0.169 e. The van der Waals surface area contributed by atoms with Crippen molar-refractivity contribution in [3.8, 4) is 0 Å². The van der Waals surface area contributed by atoms with Gasteiger partial charge in [-0.1, -0.05) is 24.3 Å². The number of Topliss-reactive ketones (excluding diaryl/α,β-unsaturated/α-hetero) is 1. The van der Waals surface area contributed by atoms with Crippen molar-refractivity contribution in [2.24, 2.45) is 5.41 Å². The van der Waals surface area contributed by atoms with Gasteiger partial charge < -0.3 is 4.90 Å². The Morgan fingerprint density at radius 1 is 1.33 bits per heavy atom. The summed E-state index contributed by atoms with van der Waals surface area (Å²) in [4.78, 5) is 14.3. The molecule has 0 amide bonds. The minimum Gasteiger partial charge on any atom is -0.351 e. The molecule has 2 rings (SSSR count). The Morgan fingerprint density at radius 2 is 2.00 bits per heavy atom. The fourth-order valence-electron chi connectivity index (χ4n) is 2.28. The second-order valence-corrected chi connectivity index (χ2v) is 5.05. The predicted octanol–water partition coefficient (Wildman–Crippen LogP) is 3.56. The van der Waals surface area contributed by atoms with Crippen LogP contribution < -0.4 is 4.90 Å². The van der Waals surface area contributed by atoms with Crippen LogP contribution in [0.25, 0.3) is 0 Å². The molecule has 0 saturated heterocycles. The van der Waals surface area contributed by atoms with E-state index in [1.54, 1.807) is 6.08 Å². The molecule has 2 heteroatoms. The zero-order valence-corrected chi connectivity index (χ0v) is 11.0. The highest BCUT2D eigenvalue weighted by atomic mass is 16.1. The molecule has 1 aromatic carbocycles. The Morgan fingerprint density at radius 3 is 2.56 bits per heavy atom. The molecule has 18 heavy (non-hydrogen) atoms. The predicted molar refractivity (Wildman–Crippen MR) is 75.5 cm³/mol. The molecule has 1 aromatic rings. The van der Waals surface area contributed by atoms with E-state index in [-0.39, 0.29) is 11.2 Å². The van der Waals surface area contributed by atoms with Gasteiger partial charge in [0.05, 0.1) is 0 Å². The molecule has 1 aliphatic carbocycles. The number of hydrogen-bond acceptors (Lipinski definition) is 2. The zero-order valence-electron chi connectivity index (χ0n) is 11.0. The van der Waals surface area contributed by atoms with Crippen LogP contribution in [0.2, 0.25) is 0 Å². The van der Waals surface area contributed by atoms with Gasteiger partial charge in [-0.25, -0.2) is 0 Å². The summed E-state index contributed by atoms with van der Waals surface area (Å²) in [6.45, 7) is 5.74. The number of hydrogen-bond donors (Lipinski definition) is 0. The normalized spacial score (nSPS) is 25.4. The molecule has 0 radical (unpaired) electrons. The van der Waals surface area contributed by atoms with Gasteiger partial charge in [0.1, 0.15) is 0 Å². The van der Waals surface area contributed by atoms with Crippen LogP contribution in [-0.2, 0) is 4.79 Å². The number of carbonyl (C=O) groups excluding carboxylic acids is 1. The maximum Gasteiger partial charge on any atom is 0.169 e. The molecule has 2 nitrogen and oxygen atoms in total. The molecule has 0 heterocycles. The van der Waals surface area contributed by atoms with E-state index >= 15 is 0 Å². The number of allylic oxidation sites excluding steroid dienone is 2. The van der Waals surface area contributed by atoms with Crippen molar-refractivity contribution in [2.45, 2.75) is 19.8 Å². The molecule has 0 unspecified atom stereocenters. The molecule has 1 atom stereocenters. The minimum atomic E-state index is -0.372. The highest BCUT2D eigenvalue weighted by Gasteiger charge is 2.38. The highest BCUT2D eigenvalue weighted by Crippen LogP contribution is 2.38. The molecule has 0 aromatic heterocycles. The van der Waals surface area contributed by atoms with Gasteiger partial charge in [-0.2, -0.15) is 0 Å². The fraction of sp³-hybridized carbons (Fsp3) is 0.312. The average molecular weight is 241 g/mol. The third-order valence-electron chi connectivity index (χ3n) is 3.69. The third kappa shape index (κ3) is 2.23. The Bertz CT molecular complexity index is 489. The molecule has 1 aliphatic rings. The van der Waals surface area contributed by atoms with Crippen LogP contribution in [0.15, 0.2) is 54.8 Å². The van der Waals surface area contributed by atoms with E-state index in [4.69, 9.17) is 0 Å². The van der Waals surface area contributed by atoms with Crippen LogP contribution in [0.5, 0.6) is 0 Å². The summed E-state index contributed by atoms with van der Waals surface area (Å²) in [6.07, 6.45) is 5.42. The first kappa shape index (κ1) is 12.6. The molecule has 0 N–H and O–H groups in total. The summed E-state index contributed by atoms with van der Waals surface area (Å²) < 4.78 is 0. The fourth-order valence-corrected chi connectivity index (χ4v) is 2.28. The molecule has 1 fully saturated rings. The van der Waals surface area contributed by atoms with Crippen molar-refractivity contribution in [1.82, 2.24) is 0 Å². The van der Waals surface area contributed by atoms with Gasteiger partial charge in [-0.05, 0) is 31.9 Å². The Hall–Kier alpha value is -1.83. The molecular weight excluding hydrogens is 222 g/mol. The van der Waals surface area contributed by atoms with Crippen LogP contribution in [0.3, 0.4) is 0 Å². The Balaban J connectivity index is 2.21. The monoisotopic (exact) mass is 241 g/mol. The van der Waals surface area contributed by atoms with E-state index in [1.165, 1.54) is 0 Å². The van der Waals surface area contributed by atoms with E-state index in [1.807, 2.05) is 55.4 Å². The van der Waals surface area contributed by atoms with Gasteiger partial charge >= 0.3 is 0 Å². The summed E-state index contributed by atoms with van der Waals surface area (Å²) in [7, 11) is 1.97. The first-order valence-corrected chi connectivity index (χ1v) is 6.24. The largest absolute Gasteiger partial charge is 0.351 e. The van der Waals surface area contributed by atoms with Crippen LogP contribution >= 0.6 is 0 Å². The van der Waals surface area contributed by atoms with Crippen molar-refractivity contribution in [3.63, 3.8) is 0 Å². The van der Waals surface area contributed by atoms with Crippen molar-refractivity contribution in [3.05, 3.63) is 54.8 Å². The summed E-state index contributed by atoms with van der Waals surface area (Å²) in [5, 5.41) is 0. The lowest BCUT2D eigenvalue weighted by Crippen LogP contribution is -2.20. The molecule has 94 valence electrons. The second kappa shape index (κ2) is 4.81. The van der Waals surface area contributed by atoms with E-state index in [0.717, 1.165) is 24.1 Å². The Labute approximate surface area is 109 Å². The number of benzene rings is 1. The lowest BCUT2D eigenvalue weighted by molar-refractivity contribution is -0.120. The molecule has 1 saturated carbocycles. The molecular formula is C16H19NO. The van der Waals surface area contributed by atoms with Gasteiger partial charge in [0, 0.05) is 29.9 Å². The van der Waals surface area contributed by atoms with Crippen LogP contribution in [0.4, 0.5) is 5.69 Å². The minimum absolute atomic E-state index is 0.209. The first-order chi connectivity index (χ1) is 8.57. The number of ketones is 1. The maximum atomic E-state index is 12.3. The number of rotatable bonds is 3. The van der Waals surface area contributed by atoms with Gasteiger partial charge in [0.25, 0.3) is 0 Å². The highest BCUT2D eigenvalue weighted by molar-refractivity contribution is 6.03. The Kier molecular flexibility index (Phi) is 3.37. The van der Waals surface area contributed by atoms with Crippen LogP contribution in [0.1, 0.15) is 19.8 Å². The molecule has 0 aliphatic heterocycles. The summed E-state index contributed by atoms with van der Waals surface area (Å²) in [6, 6.07) is 10.0.